The van der Waals surface area contributed by atoms with E-state index in [1.165, 1.54) is 10.4 Å². The number of amides is 1. The van der Waals surface area contributed by atoms with E-state index in [4.69, 9.17) is 23.2 Å². The number of hydrogen-bond donors (Lipinski definition) is 0. The average Bonchev–Trinajstić information content (AvgIpc) is 2.68. The van der Waals surface area contributed by atoms with Gasteiger partial charge in [0.1, 0.15) is 5.82 Å². The van der Waals surface area contributed by atoms with Gasteiger partial charge in [-0.15, -0.1) is 0 Å². The topological polar surface area (TPSA) is 57.7 Å². The summed E-state index contributed by atoms with van der Waals surface area (Å²) < 4.78 is 40.0. The van der Waals surface area contributed by atoms with E-state index < -0.39 is 15.8 Å². The molecule has 1 amide bonds. The predicted molar refractivity (Wildman–Crippen MR) is 107 cm³/mol. The number of carbonyl (C=O) groups excluding carboxylic acids is 1. The first-order valence-corrected chi connectivity index (χ1v) is 10.9. The predicted octanol–water partition coefficient (Wildman–Crippen LogP) is 3.60. The van der Waals surface area contributed by atoms with E-state index in [1.54, 1.807) is 11.0 Å². The maximum atomic E-state index is 13.3. The van der Waals surface area contributed by atoms with Crippen molar-refractivity contribution in [2.45, 2.75) is 17.7 Å². The first kappa shape index (κ1) is 21.0. The molecule has 0 bridgehead atoms. The first-order chi connectivity index (χ1) is 13.3. The highest BCUT2D eigenvalue weighted by Gasteiger charge is 2.30. The van der Waals surface area contributed by atoms with E-state index >= 15 is 0 Å². The third kappa shape index (κ3) is 4.84. The average molecular weight is 445 g/mol. The van der Waals surface area contributed by atoms with E-state index in [2.05, 4.69) is 0 Å². The quantitative estimate of drug-likeness (QED) is 0.707. The van der Waals surface area contributed by atoms with Crippen molar-refractivity contribution in [1.82, 2.24) is 9.21 Å². The van der Waals surface area contributed by atoms with Gasteiger partial charge in [-0.1, -0.05) is 35.3 Å². The third-order valence-corrected chi connectivity index (χ3v) is 7.06. The zero-order valence-corrected chi connectivity index (χ0v) is 17.3. The molecular formula is C19H19Cl2FN2O3S. The molecule has 1 fully saturated rings. The summed E-state index contributed by atoms with van der Waals surface area (Å²) in [7, 11) is -3.78. The van der Waals surface area contributed by atoms with Crippen LogP contribution in [0.4, 0.5) is 4.39 Å². The molecule has 1 heterocycles. The normalized spacial score (nSPS) is 15.6. The van der Waals surface area contributed by atoms with Gasteiger partial charge >= 0.3 is 0 Å². The number of nitrogens with zero attached hydrogens (tertiary/aromatic N) is 2. The smallest absolute Gasteiger partial charge is 0.243 e. The van der Waals surface area contributed by atoms with Crippen molar-refractivity contribution in [2.75, 3.05) is 26.2 Å². The van der Waals surface area contributed by atoms with Gasteiger partial charge in [0.25, 0.3) is 0 Å². The molecular weight excluding hydrogens is 426 g/mol. The number of sulfonamides is 1. The van der Waals surface area contributed by atoms with Gasteiger partial charge in [0, 0.05) is 37.6 Å². The number of hydrogen-bond acceptors (Lipinski definition) is 3. The van der Waals surface area contributed by atoms with Crippen LogP contribution in [0.5, 0.6) is 0 Å². The second-order valence-electron chi connectivity index (χ2n) is 6.49. The van der Waals surface area contributed by atoms with Crippen molar-refractivity contribution in [1.29, 1.82) is 0 Å². The summed E-state index contributed by atoms with van der Waals surface area (Å²) in [6, 6.07) is 10.7. The van der Waals surface area contributed by atoms with Crippen molar-refractivity contribution >= 4 is 39.1 Å². The number of carbonyl (C=O) groups is 1. The van der Waals surface area contributed by atoms with E-state index in [0.29, 0.717) is 31.0 Å². The molecule has 0 radical (unpaired) electrons. The van der Waals surface area contributed by atoms with Crippen LogP contribution >= 0.6 is 23.2 Å². The maximum Gasteiger partial charge on any atom is 0.243 e. The van der Waals surface area contributed by atoms with Crippen LogP contribution in [0.1, 0.15) is 12.0 Å². The standard InChI is InChI=1S/C19H19Cl2FN2O3S/c20-15-3-1-2-14(12-15)4-7-19(25)23-8-10-24(11-9-23)28(26,27)16-5-6-18(22)17(21)13-16/h1-3,5-6,12-13H,4,7-11H2. The highest BCUT2D eigenvalue weighted by molar-refractivity contribution is 7.89. The lowest BCUT2D eigenvalue weighted by Crippen LogP contribution is -2.50. The number of piperazine rings is 1. The van der Waals surface area contributed by atoms with Gasteiger partial charge in [0.15, 0.2) is 0 Å². The van der Waals surface area contributed by atoms with Crippen LogP contribution in [0.2, 0.25) is 10.0 Å². The molecule has 0 N–H and O–H groups in total. The van der Waals surface area contributed by atoms with Gasteiger partial charge in [-0.05, 0) is 42.3 Å². The van der Waals surface area contributed by atoms with E-state index in [-0.39, 0.29) is 28.9 Å². The van der Waals surface area contributed by atoms with Crippen molar-refractivity contribution in [3.05, 3.63) is 63.9 Å². The van der Waals surface area contributed by atoms with Crippen LogP contribution < -0.4 is 0 Å². The van der Waals surface area contributed by atoms with Gasteiger partial charge < -0.3 is 4.90 Å². The number of aryl methyl sites for hydroxylation is 1. The lowest BCUT2D eigenvalue weighted by atomic mass is 10.1. The fourth-order valence-electron chi connectivity index (χ4n) is 3.07. The van der Waals surface area contributed by atoms with Crippen molar-refractivity contribution in [2.24, 2.45) is 0 Å². The first-order valence-electron chi connectivity index (χ1n) is 8.75. The molecule has 150 valence electrons. The minimum atomic E-state index is -3.78. The fraction of sp³-hybridized carbons (Fsp3) is 0.316. The molecule has 2 aromatic rings. The summed E-state index contributed by atoms with van der Waals surface area (Å²) in [5.41, 5.74) is 0.982. The number of benzene rings is 2. The van der Waals surface area contributed by atoms with Gasteiger partial charge in [-0.3, -0.25) is 4.79 Å². The Morgan fingerprint density at radius 2 is 1.75 bits per heavy atom. The lowest BCUT2D eigenvalue weighted by Gasteiger charge is -2.34. The molecule has 0 saturated carbocycles. The van der Waals surface area contributed by atoms with Gasteiger partial charge in [-0.25, -0.2) is 12.8 Å². The molecule has 2 aromatic carbocycles. The number of halogens is 3. The van der Waals surface area contributed by atoms with Gasteiger partial charge in [0.05, 0.1) is 9.92 Å². The molecule has 0 spiro atoms. The highest BCUT2D eigenvalue weighted by Crippen LogP contribution is 2.23. The van der Waals surface area contributed by atoms with E-state index in [0.717, 1.165) is 17.7 Å². The van der Waals surface area contributed by atoms with Gasteiger partial charge in [-0.2, -0.15) is 4.31 Å². The third-order valence-electron chi connectivity index (χ3n) is 4.64. The highest BCUT2D eigenvalue weighted by atomic mass is 35.5. The Hall–Kier alpha value is -1.67. The molecule has 28 heavy (non-hydrogen) atoms. The Kier molecular flexibility index (Phi) is 6.60. The fourth-order valence-corrected chi connectivity index (χ4v) is 4.97. The summed E-state index contributed by atoms with van der Waals surface area (Å²) in [6.45, 7) is 0.978. The van der Waals surface area contributed by atoms with Crippen molar-refractivity contribution in [3.63, 3.8) is 0 Å². The van der Waals surface area contributed by atoms with Crippen molar-refractivity contribution < 1.29 is 17.6 Å². The minimum Gasteiger partial charge on any atom is -0.340 e. The molecule has 1 aliphatic heterocycles. The lowest BCUT2D eigenvalue weighted by molar-refractivity contribution is -0.132. The zero-order chi connectivity index (χ0) is 20.3. The monoisotopic (exact) mass is 444 g/mol. The van der Waals surface area contributed by atoms with Crippen LogP contribution in [0.3, 0.4) is 0 Å². The van der Waals surface area contributed by atoms with Crippen LogP contribution in [0, 0.1) is 5.82 Å². The Bertz CT molecular complexity index is 977. The molecule has 0 unspecified atom stereocenters. The molecule has 0 aliphatic carbocycles. The van der Waals surface area contributed by atoms with Crippen LogP contribution in [-0.4, -0.2) is 49.7 Å². The minimum absolute atomic E-state index is 0.0261. The second-order valence-corrected chi connectivity index (χ2v) is 9.27. The SMILES string of the molecule is O=C(CCc1cccc(Cl)c1)N1CCN(S(=O)(=O)c2ccc(F)c(Cl)c2)CC1. The molecule has 9 heteroatoms. The van der Waals surface area contributed by atoms with Gasteiger partial charge in [0.2, 0.25) is 15.9 Å². The summed E-state index contributed by atoms with van der Waals surface area (Å²) >= 11 is 11.6. The molecule has 0 atom stereocenters. The van der Waals surface area contributed by atoms with Crippen LogP contribution in [-0.2, 0) is 21.2 Å². The number of rotatable bonds is 5. The molecule has 1 aliphatic rings. The Morgan fingerprint density at radius 1 is 1.04 bits per heavy atom. The summed E-state index contributed by atoms with van der Waals surface area (Å²) in [5, 5.41) is 0.389. The van der Waals surface area contributed by atoms with Crippen molar-refractivity contribution in [3.8, 4) is 0 Å². The molecule has 3 rings (SSSR count). The Morgan fingerprint density at radius 3 is 2.39 bits per heavy atom. The second kappa shape index (κ2) is 8.78. The van der Waals surface area contributed by atoms with E-state index in [1.807, 2.05) is 18.2 Å². The summed E-state index contributed by atoms with van der Waals surface area (Å²) in [6.07, 6.45) is 0.909. The van der Waals surface area contributed by atoms with Crippen LogP contribution in [0.15, 0.2) is 47.4 Å². The Labute approximate surface area is 173 Å². The van der Waals surface area contributed by atoms with E-state index in [9.17, 15) is 17.6 Å². The molecule has 5 nitrogen and oxygen atoms in total. The zero-order valence-electron chi connectivity index (χ0n) is 14.9. The molecule has 0 aromatic heterocycles. The maximum absolute atomic E-state index is 13.3. The largest absolute Gasteiger partial charge is 0.340 e. The molecule has 1 saturated heterocycles. The Balaban J connectivity index is 1.57. The van der Waals surface area contributed by atoms with Crippen LogP contribution in [0.25, 0.3) is 0 Å². The summed E-state index contributed by atoms with van der Waals surface area (Å²) in [5.74, 6) is -0.697. The summed E-state index contributed by atoms with van der Waals surface area (Å²) in [4.78, 5) is 14.0.